The van der Waals surface area contributed by atoms with Gasteiger partial charge in [-0.05, 0) is 24.6 Å². The highest BCUT2D eigenvalue weighted by atomic mass is 19.1. The number of hydrogen-bond donors (Lipinski definition) is 0. The van der Waals surface area contributed by atoms with Crippen LogP contribution in [0.15, 0.2) is 60.3 Å². The topological polar surface area (TPSA) is 7.94 Å². The summed E-state index contributed by atoms with van der Waals surface area (Å²) in [6.07, 6.45) is 3.99. The van der Waals surface area contributed by atoms with Crippen LogP contribution in [-0.2, 0) is 0 Å². The zero-order chi connectivity index (χ0) is 14.6. The van der Waals surface area contributed by atoms with Crippen LogP contribution in [0.3, 0.4) is 0 Å². The number of rotatable bonds is 1. The molecule has 0 amide bonds. The molecule has 2 nitrogen and oxygen atoms in total. The Morgan fingerprint density at radius 3 is 2.52 bits per heavy atom. The van der Waals surface area contributed by atoms with Crippen molar-refractivity contribution < 1.29 is 8.80 Å². The standard InChI is InChI=1S/C17H15BFN2/c1-12-8-10-15-17(14-6-4-3-5-7-14)16-11-9-13(2)21(16)18(19)20(12)15/h3-11H,1-2H3/q+1. The van der Waals surface area contributed by atoms with Crippen LogP contribution >= 0.6 is 0 Å². The Morgan fingerprint density at radius 1 is 1.00 bits per heavy atom. The van der Waals surface area contributed by atoms with Crippen molar-refractivity contribution in [2.24, 2.45) is 0 Å². The van der Waals surface area contributed by atoms with Crippen molar-refractivity contribution >= 4 is 18.5 Å². The second-order valence-corrected chi connectivity index (χ2v) is 5.51. The van der Waals surface area contributed by atoms with Crippen molar-refractivity contribution in [1.29, 1.82) is 0 Å². The van der Waals surface area contributed by atoms with Gasteiger partial charge in [0.1, 0.15) is 0 Å². The molecule has 0 N–H and O–H groups in total. The Kier molecular flexibility index (Phi) is 2.55. The molecule has 0 radical (unpaired) electrons. The number of benzene rings is 1. The molecule has 102 valence electrons. The minimum Gasteiger partial charge on any atom is -0.290 e. The van der Waals surface area contributed by atoms with Crippen LogP contribution < -0.4 is 0 Å². The van der Waals surface area contributed by atoms with Gasteiger partial charge in [0.15, 0.2) is 11.4 Å². The molecule has 0 atom stereocenters. The van der Waals surface area contributed by atoms with E-state index in [0.717, 1.165) is 33.9 Å². The van der Waals surface area contributed by atoms with Crippen molar-refractivity contribution in [3.63, 3.8) is 0 Å². The number of fused-ring (bicyclic) bond motifs is 2. The van der Waals surface area contributed by atoms with Gasteiger partial charge in [0, 0.05) is 24.8 Å². The van der Waals surface area contributed by atoms with E-state index >= 15 is 0 Å². The lowest BCUT2D eigenvalue weighted by atomic mass is 9.90. The first-order valence-electron chi connectivity index (χ1n) is 7.11. The average Bonchev–Trinajstić information content (AvgIpc) is 3.05. The fraction of sp³-hybridized carbons (Fsp3) is 0.118. The molecule has 0 saturated carbocycles. The molecule has 0 bridgehead atoms. The van der Waals surface area contributed by atoms with Gasteiger partial charge >= 0.3 is 7.26 Å². The molecule has 3 heterocycles. The molecule has 4 heteroatoms. The molecule has 0 unspecified atom stereocenters. The SMILES string of the molecule is CC1=[N+]2B(F)n3c(C)ccc3C(c3ccccc3)=C2C=C1. The molecule has 1 aromatic heterocycles. The van der Waals surface area contributed by atoms with Gasteiger partial charge in [-0.1, -0.05) is 30.3 Å². The van der Waals surface area contributed by atoms with Crippen LogP contribution in [0.2, 0.25) is 0 Å². The Labute approximate surface area is 123 Å². The largest absolute Gasteiger partial charge is 0.846 e. The predicted octanol–water partition coefficient (Wildman–Crippen LogP) is 3.42. The van der Waals surface area contributed by atoms with Gasteiger partial charge in [-0.25, -0.2) is 8.80 Å². The highest BCUT2D eigenvalue weighted by molar-refractivity contribution is 6.43. The smallest absolute Gasteiger partial charge is 0.290 e. The number of nitrogens with zero attached hydrogens (tertiary/aromatic N) is 2. The lowest BCUT2D eigenvalue weighted by molar-refractivity contribution is -0.335. The van der Waals surface area contributed by atoms with Crippen molar-refractivity contribution in [3.8, 4) is 0 Å². The van der Waals surface area contributed by atoms with E-state index in [-0.39, 0.29) is 0 Å². The lowest BCUT2D eigenvalue weighted by Gasteiger charge is -2.20. The van der Waals surface area contributed by atoms with E-state index in [1.54, 1.807) is 8.96 Å². The summed E-state index contributed by atoms with van der Waals surface area (Å²) in [5.41, 5.74) is 5.96. The first kappa shape index (κ1) is 12.4. The Hall–Kier alpha value is -2.36. The molecular formula is C17H15BFN2+. The summed E-state index contributed by atoms with van der Waals surface area (Å²) >= 11 is 0. The summed E-state index contributed by atoms with van der Waals surface area (Å²) in [7, 11) is -1.17. The van der Waals surface area contributed by atoms with Crippen LogP contribution in [0.25, 0.3) is 5.57 Å². The molecule has 0 saturated heterocycles. The fourth-order valence-corrected chi connectivity index (χ4v) is 3.22. The minimum absolute atomic E-state index is 0.935. The predicted molar refractivity (Wildman–Crippen MR) is 84.0 cm³/mol. The van der Waals surface area contributed by atoms with Crippen LogP contribution in [-0.4, -0.2) is 21.9 Å². The number of aryl methyl sites for hydroxylation is 1. The quantitative estimate of drug-likeness (QED) is 0.706. The molecule has 0 spiro atoms. The van der Waals surface area contributed by atoms with E-state index in [9.17, 15) is 4.32 Å². The van der Waals surface area contributed by atoms with E-state index in [4.69, 9.17) is 0 Å². The minimum atomic E-state index is -1.17. The normalized spacial score (nSPS) is 16.6. The maximum atomic E-state index is 15.0. The van der Waals surface area contributed by atoms with Crippen LogP contribution in [0.1, 0.15) is 23.9 Å². The molecule has 1 aromatic carbocycles. The van der Waals surface area contributed by atoms with Gasteiger partial charge in [-0.15, -0.1) is 0 Å². The second-order valence-electron chi connectivity index (χ2n) is 5.51. The third kappa shape index (κ3) is 1.62. The van der Waals surface area contributed by atoms with Gasteiger partial charge < -0.3 is 0 Å². The second kappa shape index (κ2) is 4.32. The Balaban J connectivity index is 2.09. The van der Waals surface area contributed by atoms with Crippen molar-refractivity contribution in [3.05, 3.63) is 77.3 Å². The van der Waals surface area contributed by atoms with E-state index in [0.29, 0.717) is 0 Å². The summed E-state index contributed by atoms with van der Waals surface area (Å²) in [6, 6.07) is 14.2. The highest BCUT2D eigenvalue weighted by Crippen LogP contribution is 2.35. The number of halogens is 1. The lowest BCUT2D eigenvalue weighted by Crippen LogP contribution is -2.40. The molecule has 4 rings (SSSR count). The first-order chi connectivity index (χ1) is 10.2. The molecule has 2 aliphatic heterocycles. The average molecular weight is 277 g/mol. The molecule has 0 fully saturated rings. The van der Waals surface area contributed by atoms with Gasteiger partial charge in [-0.2, -0.15) is 0 Å². The maximum absolute atomic E-state index is 15.0. The summed E-state index contributed by atoms with van der Waals surface area (Å²) < 4.78 is 18.5. The van der Waals surface area contributed by atoms with E-state index in [1.165, 1.54) is 0 Å². The van der Waals surface area contributed by atoms with Crippen molar-refractivity contribution in [2.75, 3.05) is 0 Å². The zero-order valence-corrected chi connectivity index (χ0v) is 12.0. The monoisotopic (exact) mass is 277 g/mol. The third-order valence-corrected chi connectivity index (χ3v) is 4.24. The third-order valence-electron chi connectivity index (χ3n) is 4.24. The number of allylic oxidation sites excluding steroid dienone is 2. The van der Waals surface area contributed by atoms with Gasteiger partial charge in [0.25, 0.3) is 0 Å². The van der Waals surface area contributed by atoms with Crippen LogP contribution in [0.5, 0.6) is 0 Å². The first-order valence-corrected chi connectivity index (χ1v) is 7.11. The Morgan fingerprint density at radius 2 is 1.76 bits per heavy atom. The molecule has 2 aliphatic rings. The zero-order valence-electron chi connectivity index (χ0n) is 12.0. The summed E-state index contributed by atoms with van der Waals surface area (Å²) in [6.45, 7) is 3.89. The summed E-state index contributed by atoms with van der Waals surface area (Å²) in [5.74, 6) is 0. The van der Waals surface area contributed by atoms with Gasteiger partial charge in [-0.3, -0.25) is 4.48 Å². The van der Waals surface area contributed by atoms with Gasteiger partial charge in [0.2, 0.25) is 0 Å². The fourth-order valence-electron chi connectivity index (χ4n) is 3.22. The van der Waals surface area contributed by atoms with E-state index in [2.05, 4.69) is 12.1 Å². The van der Waals surface area contributed by atoms with Crippen molar-refractivity contribution in [2.45, 2.75) is 13.8 Å². The summed E-state index contributed by atoms with van der Waals surface area (Å²) in [4.78, 5) is 0. The highest BCUT2D eigenvalue weighted by Gasteiger charge is 2.49. The van der Waals surface area contributed by atoms with Crippen molar-refractivity contribution in [1.82, 2.24) is 4.48 Å². The van der Waals surface area contributed by atoms with Gasteiger partial charge in [0.05, 0.1) is 11.3 Å². The number of hydrogen-bond acceptors (Lipinski definition) is 0. The summed E-state index contributed by atoms with van der Waals surface area (Å²) in [5, 5.41) is 0. The molecule has 21 heavy (non-hydrogen) atoms. The molecule has 0 aliphatic carbocycles. The van der Waals surface area contributed by atoms with Crippen LogP contribution in [0.4, 0.5) is 4.32 Å². The molecule has 2 aromatic rings. The maximum Gasteiger partial charge on any atom is 0.846 e. The van der Waals surface area contributed by atoms with E-state index < -0.39 is 7.26 Å². The molecular weight excluding hydrogens is 262 g/mol. The van der Waals surface area contributed by atoms with Crippen LogP contribution in [0, 0.1) is 6.92 Å². The Bertz CT molecular complexity index is 828. The van der Waals surface area contributed by atoms with E-state index in [1.807, 2.05) is 56.3 Å². The number of aromatic nitrogens is 1.